The minimum Gasteiger partial charge on any atom is -0.497 e. The molecule has 3 aliphatic heterocycles. The summed E-state index contributed by atoms with van der Waals surface area (Å²) in [5, 5.41) is 0. The molecule has 2 bridgehead atoms. The highest BCUT2D eigenvalue weighted by molar-refractivity contribution is 5.80. The predicted molar refractivity (Wildman–Crippen MR) is 132 cm³/mol. The standard InChI is InChI=1S/C28H37NO6/c1-29(2)28(30)27-16-24(33-19-21-11-13-22(31-3)14-12-21)26-17-25(35-26)23(34-27)10-7-15-32-18-20-8-5-4-6-9-20/h4-6,8-9,11-14,23-27H,7,10,15-19H2,1-3H3/t23-,24-,25-,26+,27-/m0/s1. The second-order valence-electron chi connectivity index (χ2n) is 9.46. The number of nitrogens with zero attached hydrogens (tertiary/aromatic N) is 1. The predicted octanol–water partition coefficient (Wildman–Crippen LogP) is 3.98. The van der Waals surface area contributed by atoms with Gasteiger partial charge in [0.25, 0.3) is 5.91 Å². The molecule has 2 aromatic carbocycles. The van der Waals surface area contributed by atoms with Crippen molar-refractivity contribution >= 4 is 5.91 Å². The number of hydrogen-bond donors (Lipinski definition) is 0. The maximum absolute atomic E-state index is 12.9. The number of fused-ring (bicyclic) bond motifs is 4. The monoisotopic (exact) mass is 483 g/mol. The first-order chi connectivity index (χ1) is 17.0. The Hall–Kier alpha value is -2.45. The largest absolute Gasteiger partial charge is 0.497 e. The molecule has 3 heterocycles. The van der Waals surface area contributed by atoms with Gasteiger partial charge in [0, 0.05) is 33.5 Å². The summed E-state index contributed by atoms with van der Waals surface area (Å²) in [6.45, 7) is 1.69. The molecule has 7 heteroatoms. The molecule has 5 atom stereocenters. The molecule has 0 spiro atoms. The van der Waals surface area contributed by atoms with Crippen molar-refractivity contribution in [1.82, 2.24) is 4.90 Å². The van der Waals surface area contributed by atoms with E-state index >= 15 is 0 Å². The third-order valence-electron chi connectivity index (χ3n) is 6.66. The molecule has 7 nitrogen and oxygen atoms in total. The van der Waals surface area contributed by atoms with Crippen LogP contribution in [0.25, 0.3) is 0 Å². The highest BCUT2D eigenvalue weighted by Gasteiger charge is 2.47. The molecule has 190 valence electrons. The average Bonchev–Trinajstić information content (AvgIpc) is 2.83. The second kappa shape index (κ2) is 12.5. The zero-order valence-corrected chi connectivity index (χ0v) is 20.9. The lowest BCUT2D eigenvalue weighted by Crippen LogP contribution is -2.58. The van der Waals surface area contributed by atoms with Gasteiger partial charge in [0.1, 0.15) is 11.9 Å². The van der Waals surface area contributed by atoms with E-state index in [9.17, 15) is 4.79 Å². The van der Waals surface area contributed by atoms with Crippen LogP contribution in [0.1, 0.15) is 36.8 Å². The third-order valence-corrected chi connectivity index (χ3v) is 6.66. The number of hydrogen-bond acceptors (Lipinski definition) is 6. The Morgan fingerprint density at radius 1 is 0.943 bits per heavy atom. The van der Waals surface area contributed by atoms with E-state index in [1.54, 1.807) is 26.1 Å². The molecule has 35 heavy (non-hydrogen) atoms. The average molecular weight is 484 g/mol. The Bertz CT molecular complexity index is 913. The number of methoxy groups -OCH3 is 1. The summed E-state index contributed by atoms with van der Waals surface area (Å²) in [5.41, 5.74) is 2.21. The van der Waals surface area contributed by atoms with Gasteiger partial charge in [-0.3, -0.25) is 4.79 Å². The Labute approximate surface area is 208 Å². The summed E-state index contributed by atoms with van der Waals surface area (Å²) >= 11 is 0. The summed E-state index contributed by atoms with van der Waals surface area (Å²) in [5.74, 6) is 0.779. The van der Waals surface area contributed by atoms with E-state index in [0.717, 1.165) is 36.1 Å². The number of carbonyl (C=O) groups excluding carboxylic acids is 1. The SMILES string of the molecule is COc1ccc(CO[C@H]2C[C@@H](C(=O)N(C)C)O[C@@H](CCCOCc3ccccc3)[C@@H]3C[C@H]2O3)cc1. The Morgan fingerprint density at radius 2 is 1.66 bits per heavy atom. The first-order valence-electron chi connectivity index (χ1n) is 12.4. The van der Waals surface area contributed by atoms with Gasteiger partial charge < -0.3 is 28.6 Å². The van der Waals surface area contributed by atoms with Gasteiger partial charge >= 0.3 is 0 Å². The summed E-state index contributed by atoms with van der Waals surface area (Å²) in [6.07, 6.45) is 2.10. The molecular formula is C28H37NO6. The lowest BCUT2D eigenvalue weighted by atomic mass is 9.89. The first kappa shape index (κ1) is 25.6. The molecule has 0 aliphatic carbocycles. The highest BCUT2D eigenvalue weighted by Crippen LogP contribution is 2.36. The van der Waals surface area contributed by atoms with Crippen LogP contribution in [0.15, 0.2) is 54.6 Å². The third kappa shape index (κ3) is 7.04. The summed E-state index contributed by atoms with van der Waals surface area (Å²) in [7, 11) is 5.18. The minimum absolute atomic E-state index is 0.0148. The maximum atomic E-state index is 12.9. The van der Waals surface area contributed by atoms with Crippen LogP contribution in [0.4, 0.5) is 0 Å². The highest BCUT2D eigenvalue weighted by atomic mass is 16.6. The topological polar surface area (TPSA) is 66.5 Å². The first-order valence-corrected chi connectivity index (χ1v) is 12.4. The van der Waals surface area contributed by atoms with Gasteiger partial charge in [0.05, 0.1) is 44.7 Å². The van der Waals surface area contributed by atoms with Crippen molar-refractivity contribution in [2.75, 3.05) is 27.8 Å². The molecule has 0 aromatic heterocycles. The van der Waals surface area contributed by atoms with Crippen molar-refractivity contribution < 1.29 is 28.5 Å². The van der Waals surface area contributed by atoms with Crippen LogP contribution in [0.5, 0.6) is 5.75 Å². The van der Waals surface area contributed by atoms with E-state index < -0.39 is 6.10 Å². The zero-order valence-electron chi connectivity index (χ0n) is 20.9. The van der Waals surface area contributed by atoms with Crippen molar-refractivity contribution in [1.29, 1.82) is 0 Å². The zero-order chi connectivity index (χ0) is 24.6. The Kier molecular flexibility index (Phi) is 9.15. The molecule has 0 saturated carbocycles. The van der Waals surface area contributed by atoms with Gasteiger partial charge in [-0.25, -0.2) is 0 Å². The van der Waals surface area contributed by atoms with Crippen LogP contribution < -0.4 is 4.74 Å². The van der Waals surface area contributed by atoms with E-state index in [4.69, 9.17) is 23.7 Å². The fourth-order valence-electron chi connectivity index (χ4n) is 4.59. The van der Waals surface area contributed by atoms with Crippen LogP contribution >= 0.6 is 0 Å². The van der Waals surface area contributed by atoms with Crippen LogP contribution in [0, 0.1) is 0 Å². The van der Waals surface area contributed by atoms with Crippen molar-refractivity contribution in [3.05, 3.63) is 65.7 Å². The smallest absolute Gasteiger partial charge is 0.251 e. The van der Waals surface area contributed by atoms with E-state index in [1.165, 1.54) is 0 Å². The van der Waals surface area contributed by atoms with Gasteiger partial charge in [-0.2, -0.15) is 0 Å². The molecule has 3 saturated heterocycles. The molecule has 5 rings (SSSR count). The van der Waals surface area contributed by atoms with E-state index in [1.807, 2.05) is 42.5 Å². The van der Waals surface area contributed by atoms with Crippen molar-refractivity contribution in [2.45, 2.75) is 69.4 Å². The van der Waals surface area contributed by atoms with Gasteiger partial charge in [0.2, 0.25) is 0 Å². The van der Waals surface area contributed by atoms with Crippen LogP contribution in [0.3, 0.4) is 0 Å². The molecule has 0 radical (unpaired) electrons. The fourth-order valence-corrected chi connectivity index (χ4v) is 4.59. The molecule has 1 amide bonds. The number of ether oxygens (including phenoxy) is 5. The quantitative estimate of drug-likeness (QED) is 0.451. The molecule has 2 aromatic rings. The number of carbonyl (C=O) groups is 1. The number of amides is 1. The van der Waals surface area contributed by atoms with Crippen LogP contribution in [-0.2, 0) is 37.0 Å². The summed E-state index contributed by atoms with van der Waals surface area (Å²) in [6, 6.07) is 18.0. The summed E-state index contributed by atoms with van der Waals surface area (Å²) < 4.78 is 29.9. The molecule has 0 N–H and O–H groups in total. The number of benzene rings is 2. The van der Waals surface area contributed by atoms with Gasteiger partial charge in [-0.1, -0.05) is 42.5 Å². The number of likely N-dealkylation sites (N-methyl/N-ethyl adjacent to an activating group) is 1. The van der Waals surface area contributed by atoms with Crippen molar-refractivity contribution in [3.8, 4) is 5.75 Å². The lowest BCUT2D eigenvalue weighted by molar-refractivity contribution is -0.259. The lowest BCUT2D eigenvalue weighted by Gasteiger charge is -2.48. The van der Waals surface area contributed by atoms with Crippen molar-refractivity contribution in [2.24, 2.45) is 0 Å². The normalized spacial score (nSPS) is 25.7. The number of rotatable bonds is 11. The van der Waals surface area contributed by atoms with E-state index in [-0.39, 0.29) is 30.3 Å². The molecular weight excluding hydrogens is 446 g/mol. The van der Waals surface area contributed by atoms with Crippen LogP contribution in [-0.4, -0.2) is 69.1 Å². The van der Waals surface area contributed by atoms with Gasteiger partial charge in [-0.15, -0.1) is 0 Å². The molecule has 3 aliphatic rings. The van der Waals surface area contributed by atoms with Gasteiger partial charge in [0.15, 0.2) is 0 Å². The fraction of sp³-hybridized carbons (Fsp3) is 0.536. The maximum Gasteiger partial charge on any atom is 0.251 e. The molecule has 0 unspecified atom stereocenters. The Morgan fingerprint density at radius 3 is 2.34 bits per heavy atom. The Balaban J connectivity index is 1.30. The molecule has 3 fully saturated rings. The minimum atomic E-state index is -0.546. The van der Waals surface area contributed by atoms with Gasteiger partial charge in [-0.05, 0) is 36.1 Å². The van der Waals surface area contributed by atoms with Crippen LogP contribution in [0.2, 0.25) is 0 Å². The van der Waals surface area contributed by atoms with E-state index in [2.05, 4.69) is 12.1 Å². The second-order valence-corrected chi connectivity index (χ2v) is 9.46. The van der Waals surface area contributed by atoms with E-state index in [0.29, 0.717) is 26.2 Å². The summed E-state index contributed by atoms with van der Waals surface area (Å²) in [4.78, 5) is 14.5. The van der Waals surface area contributed by atoms with Crippen molar-refractivity contribution in [3.63, 3.8) is 0 Å².